The minimum absolute atomic E-state index is 0.123. The van der Waals surface area contributed by atoms with Gasteiger partial charge in [-0.1, -0.05) is 50.5 Å². The molecule has 0 unspecified atom stereocenters. The molecule has 0 aromatic heterocycles. The van der Waals surface area contributed by atoms with Gasteiger partial charge in [0.1, 0.15) is 11.5 Å². The Morgan fingerprint density at radius 1 is 0.652 bits per heavy atom. The summed E-state index contributed by atoms with van der Waals surface area (Å²) in [6, 6.07) is 20.8. The summed E-state index contributed by atoms with van der Waals surface area (Å²) in [6.45, 7) is 4.21. The van der Waals surface area contributed by atoms with E-state index in [0.29, 0.717) is 54.9 Å². The van der Waals surface area contributed by atoms with Crippen molar-refractivity contribution in [2.45, 2.75) is 83.9 Å². The molecular formula is C36H41F3O7. The smallest absolute Gasteiger partial charge is 0.490 e. The van der Waals surface area contributed by atoms with Crippen molar-refractivity contribution >= 4 is 17.9 Å². The first-order valence-corrected chi connectivity index (χ1v) is 15.7. The molecule has 0 aliphatic heterocycles. The molecule has 46 heavy (non-hydrogen) atoms. The number of unbranched alkanes of at least 4 members (excludes halogenated alkanes) is 6. The number of hydrogen-bond acceptors (Lipinski definition) is 7. The predicted octanol–water partition coefficient (Wildman–Crippen LogP) is 9.13. The molecule has 0 saturated heterocycles. The van der Waals surface area contributed by atoms with Gasteiger partial charge in [0, 0.05) is 0 Å². The molecule has 0 spiro atoms. The number of alkyl halides is 3. The van der Waals surface area contributed by atoms with Crippen LogP contribution in [0.25, 0.3) is 11.1 Å². The lowest BCUT2D eigenvalue weighted by molar-refractivity contribution is -0.199. The molecule has 0 fully saturated rings. The topological polar surface area (TPSA) is 88.1 Å². The second-order valence-electron chi connectivity index (χ2n) is 11.0. The molecule has 10 heteroatoms. The SMILES string of the molecule is CCCCCC[C@H](C)OC(=O)c1ccc(-c2ccc(OC(=O)c3ccc(OCCCCCCOC(=O)C(F)(F)F)cc3)cc2)cc1. The van der Waals surface area contributed by atoms with Crippen LogP contribution in [-0.2, 0) is 14.3 Å². The van der Waals surface area contributed by atoms with Crippen molar-refractivity contribution in [1.29, 1.82) is 0 Å². The average Bonchev–Trinajstić information content (AvgIpc) is 3.04. The fourth-order valence-corrected chi connectivity index (χ4v) is 4.53. The van der Waals surface area contributed by atoms with Gasteiger partial charge in [0.25, 0.3) is 0 Å². The normalized spacial score (nSPS) is 11.8. The van der Waals surface area contributed by atoms with Crippen molar-refractivity contribution in [2.24, 2.45) is 0 Å². The minimum Gasteiger partial charge on any atom is -0.494 e. The van der Waals surface area contributed by atoms with Gasteiger partial charge in [-0.15, -0.1) is 0 Å². The van der Waals surface area contributed by atoms with Gasteiger partial charge in [0.05, 0.1) is 30.4 Å². The molecule has 0 bridgehead atoms. The summed E-state index contributed by atoms with van der Waals surface area (Å²) in [5, 5.41) is 0. The van der Waals surface area contributed by atoms with Crippen molar-refractivity contribution in [3.63, 3.8) is 0 Å². The van der Waals surface area contributed by atoms with Crippen LogP contribution >= 0.6 is 0 Å². The summed E-state index contributed by atoms with van der Waals surface area (Å²) in [6.07, 6.45) is 2.62. The van der Waals surface area contributed by atoms with Crippen molar-refractivity contribution in [3.05, 3.63) is 83.9 Å². The van der Waals surface area contributed by atoms with E-state index in [9.17, 15) is 27.6 Å². The van der Waals surface area contributed by atoms with E-state index in [-0.39, 0.29) is 18.7 Å². The van der Waals surface area contributed by atoms with E-state index in [2.05, 4.69) is 11.7 Å². The Bertz CT molecular complexity index is 1370. The number of hydrogen-bond donors (Lipinski definition) is 0. The van der Waals surface area contributed by atoms with Crippen molar-refractivity contribution in [3.8, 4) is 22.6 Å². The molecule has 0 saturated carbocycles. The van der Waals surface area contributed by atoms with E-state index in [1.165, 1.54) is 12.8 Å². The van der Waals surface area contributed by atoms with E-state index >= 15 is 0 Å². The zero-order chi connectivity index (χ0) is 33.4. The van der Waals surface area contributed by atoms with E-state index in [1.807, 2.05) is 31.2 Å². The Balaban J connectivity index is 1.38. The zero-order valence-electron chi connectivity index (χ0n) is 26.3. The van der Waals surface area contributed by atoms with Crippen LogP contribution < -0.4 is 9.47 Å². The first-order valence-electron chi connectivity index (χ1n) is 15.7. The summed E-state index contributed by atoms with van der Waals surface area (Å²) in [5.74, 6) is -2.07. The molecule has 1 atom stereocenters. The van der Waals surface area contributed by atoms with Gasteiger partial charge in [0.15, 0.2) is 0 Å². The summed E-state index contributed by atoms with van der Waals surface area (Å²) >= 11 is 0. The highest BCUT2D eigenvalue weighted by Crippen LogP contribution is 2.24. The Morgan fingerprint density at radius 3 is 1.78 bits per heavy atom. The Kier molecular flexibility index (Phi) is 14.6. The third-order valence-electron chi connectivity index (χ3n) is 7.15. The average molecular weight is 643 g/mol. The summed E-state index contributed by atoms with van der Waals surface area (Å²) in [4.78, 5) is 35.8. The number of esters is 3. The summed E-state index contributed by atoms with van der Waals surface area (Å²) in [7, 11) is 0. The number of carbonyl (C=O) groups excluding carboxylic acids is 3. The molecule has 3 aromatic carbocycles. The molecule has 0 heterocycles. The minimum atomic E-state index is -4.97. The maximum Gasteiger partial charge on any atom is 0.490 e. The summed E-state index contributed by atoms with van der Waals surface area (Å²) < 4.78 is 57.1. The van der Waals surface area contributed by atoms with Gasteiger partial charge in [0.2, 0.25) is 0 Å². The number of benzene rings is 3. The van der Waals surface area contributed by atoms with Gasteiger partial charge in [-0.2, -0.15) is 13.2 Å². The number of halogens is 3. The molecule has 7 nitrogen and oxygen atoms in total. The van der Waals surface area contributed by atoms with Crippen molar-refractivity contribution in [1.82, 2.24) is 0 Å². The van der Waals surface area contributed by atoms with Crippen LogP contribution in [0, 0.1) is 0 Å². The Labute approximate surface area is 268 Å². The quantitative estimate of drug-likeness (QED) is 0.0777. The van der Waals surface area contributed by atoms with Crippen LogP contribution in [0.1, 0.15) is 92.4 Å². The van der Waals surface area contributed by atoms with Crippen LogP contribution in [0.2, 0.25) is 0 Å². The fraction of sp³-hybridized carbons (Fsp3) is 0.417. The molecular weight excluding hydrogens is 601 g/mol. The predicted molar refractivity (Wildman–Crippen MR) is 168 cm³/mol. The van der Waals surface area contributed by atoms with Crippen LogP contribution in [0.5, 0.6) is 11.5 Å². The number of carbonyl (C=O) groups is 3. The number of rotatable bonds is 18. The van der Waals surface area contributed by atoms with Crippen LogP contribution in [-0.4, -0.2) is 43.4 Å². The third kappa shape index (κ3) is 12.6. The highest BCUT2D eigenvalue weighted by Gasteiger charge is 2.40. The summed E-state index contributed by atoms with van der Waals surface area (Å²) in [5.41, 5.74) is 2.65. The van der Waals surface area contributed by atoms with Crippen LogP contribution in [0.3, 0.4) is 0 Å². The molecule has 3 rings (SSSR count). The van der Waals surface area contributed by atoms with Gasteiger partial charge in [-0.25, -0.2) is 14.4 Å². The van der Waals surface area contributed by atoms with E-state index in [0.717, 1.165) is 30.4 Å². The van der Waals surface area contributed by atoms with Gasteiger partial charge in [-0.05, 0) is 105 Å². The Morgan fingerprint density at radius 2 is 1.17 bits per heavy atom. The zero-order valence-corrected chi connectivity index (χ0v) is 26.3. The first kappa shape index (κ1) is 36.1. The lowest BCUT2D eigenvalue weighted by Gasteiger charge is -2.13. The molecule has 0 aliphatic carbocycles. The molecule has 0 amide bonds. The largest absolute Gasteiger partial charge is 0.494 e. The highest BCUT2D eigenvalue weighted by atomic mass is 19.4. The monoisotopic (exact) mass is 642 g/mol. The van der Waals surface area contributed by atoms with Crippen molar-refractivity contribution < 1.29 is 46.5 Å². The lowest BCUT2D eigenvalue weighted by atomic mass is 10.0. The highest BCUT2D eigenvalue weighted by molar-refractivity contribution is 5.91. The van der Waals surface area contributed by atoms with Crippen LogP contribution in [0.4, 0.5) is 13.2 Å². The molecule has 0 radical (unpaired) electrons. The maximum absolute atomic E-state index is 12.6. The maximum atomic E-state index is 12.6. The molecule has 3 aromatic rings. The molecule has 0 N–H and O–H groups in total. The Hall–Kier alpha value is -4.34. The van der Waals surface area contributed by atoms with E-state index in [4.69, 9.17) is 14.2 Å². The van der Waals surface area contributed by atoms with Crippen LogP contribution in [0.15, 0.2) is 72.8 Å². The van der Waals surface area contributed by atoms with Crippen molar-refractivity contribution in [2.75, 3.05) is 13.2 Å². The first-order chi connectivity index (χ1) is 22.1. The van der Waals surface area contributed by atoms with Gasteiger partial charge in [-0.3, -0.25) is 0 Å². The number of ether oxygens (including phenoxy) is 4. The molecule has 248 valence electrons. The van der Waals surface area contributed by atoms with E-state index < -0.39 is 18.1 Å². The standard InChI is InChI=1S/C36H41F3O7/c1-3-4-5-8-11-26(2)45-33(40)29-14-12-27(13-15-29)28-16-22-32(23-17-28)46-34(41)30-18-20-31(21-19-30)43-24-9-6-7-10-25-44-35(42)36(37,38)39/h12-23,26H,3-11,24-25H2,1-2H3/t26-/m0/s1. The molecule has 0 aliphatic rings. The van der Waals surface area contributed by atoms with E-state index in [1.54, 1.807) is 48.5 Å². The lowest BCUT2D eigenvalue weighted by Crippen LogP contribution is -2.25. The fourth-order valence-electron chi connectivity index (χ4n) is 4.53. The second kappa shape index (κ2) is 18.6. The van der Waals surface area contributed by atoms with Gasteiger partial charge >= 0.3 is 24.1 Å². The second-order valence-corrected chi connectivity index (χ2v) is 11.0. The third-order valence-corrected chi connectivity index (χ3v) is 7.15. The van der Waals surface area contributed by atoms with Gasteiger partial charge < -0.3 is 18.9 Å².